The number of rotatable bonds is 4. The van der Waals surface area contributed by atoms with Crippen molar-refractivity contribution in [2.24, 2.45) is 0 Å². The summed E-state index contributed by atoms with van der Waals surface area (Å²) < 4.78 is 38.9. The molecule has 0 fully saturated rings. The highest BCUT2D eigenvalue weighted by Crippen LogP contribution is 2.28. The lowest BCUT2D eigenvalue weighted by atomic mass is 10.0. The van der Waals surface area contributed by atoms with Gasteiger partial charge in [0.25, 0.3) is 5.56 Å². The molecule has 7 heteroatoms. The van der Waals surface area contributed by atoms with Crippen molar-refractivity contribution in [1.82, 2.24) is 4.57 Å². The predicted octanol–water partition coefficient (Wildman–Crippen LogP) is 3.63. The quantitative estimate of drug-likeness (QED) is 0.925. The molecule has 1 N–H and O–H groups in total. The zero-order valence-corrected chi connectivity index (χ0v) is 13.2. The standard InChI is InChI=1S/C17H17F3N2O2/c1-11(2)13-5-3-4-6-14(13)21-15(23)10-22-9-12(17(18,19)20)7-8-16(22)24/h3-9,11H,10H2,1-2H3,(H,21,23). The molecule has 2 rings (SSSR count). The van der Waals surface area contributed by atoms with Gasteiger partial charge in [-0.15, -0.1) is 0 Å². The number of hydrogen-bond acceptors (Lipinski definition) is 2. The largest absolute Gasteiger partial charge is 0.417 e. The molecule has 2 aromatic rings. The minimum absolute atomic E-state index is 0.165. The highest BCUT2D eigenvalue weighted by atomic mass is 19.4. The normalized spacial score (nSPS) is 11.6. The molecule has 0 aliphatic heterocycles. The molecule has 0 bridgehead atoms. The molecule has 0 aliphatic rings. The Labute approximate surface area is 136 Å². The van der Waals surface area contributed by atoms with Gasteiger partial charge in [0.1, 0.15) is 6.54 Å². The van der Waals surface area contributed by atoms with Crippen molar-refractivity contribution in [2.75, 3.05) is 5.32 Å². The molecule has 1 heterocycles. The summed E-state index contributed by atoms with van der Waals surface area (Å²) in [6, 6.07) is 8.65. The van der Waals surface area contributed by atoms with Crippen LogP contribution in [0.3, 0.4) is 0 Å². The molecule has 0 saturated carbocycles. The van der Waals surface area contributed by atoms with Crippen molar-refractivity contribution in [3.8, 4) is 0 Å². The first-order chi connectivity index (χ1) is 11.2. The second-order valence-corrected chi connectivity index (χ2v) is 5.67. The minimum Gasteiger partial charge on any atom is -0.324 e. The summed E-state index contributed by atoms with van der Waals surface area (Å²) >= 11 is 0. The van der Waals surface area contributed by atoms with Crippen molar-refractivity contribution >= 4 is 11.6 Å². The number of anilines is 1. The average Bonchev–Trinajstić information content (AvgIpc) is 2.48. The summed E-state index contributed by atoms with van der Waals surface area (Å²) in [7, 11) is 0. The topological polar surface area (TPSA) is 51.1 Å². The van der Waals surface area contributed by atoms with E-state index < -0.39 is 29.8 Å². The number of pyridine rings is 1. The molecule has 0 radical (unpaired) electrons. The van der Waals surface area contributed by atoms with Crippen molar-refractivity contribution in [3.63, 3.8) is 0 Å². The van der Waals surface area contributed by atoms with E-state index in [2.05, 4.69) is 5.32 Å². The summed E-state index contributed by atoms with van der Waals surface area (Å²) in [5.74, 6) is -0.401. The second-order valence-electron chi connectivity index (χ2n) is 5.67. The van der Waals surface area contributed by atoms with E-state index in [1.54, 1.807) is 12.1 Å². The minimum atomic E-state index is -4.57. The van der Waals surface area contributed by atoms with Crippen LogP contribution in [0.15, 0.2) is 47.4 Å². The number of amides is 1. The lowest BCUT2D eigenvalue weighted by Crippen LogP contribution is -2.28. The van der Waals surface area contributed by atoms with E-state index in [1.807, 2.05) is 26.0 Å². The van der Waals surface area contributed by atoms with Crippen LogP contribution in [0.5, 0.6) is 0 Å². The molecule has 0 saturated heterocycles. The van der Waals surface area contributed by atoms with Gasteiger partial charge in [-0.25, -0.2) is 0 Å². The van der Waals surface area contributed by atoms with Gasteiger partial charge >= 0.3 is 6.18 Å². The first-order valence-electron chi connectivity index (χ1n) is 7.35. The van der Waals surface area contributed by atoms with Crippen molar-refractivity contribution in [3.05, 3.63) is 64.1 Å². The van der Waals surface area contributed by atoms with E-state index in [1.165, 1.54) is 0 Å². The monoisotopic (exact) mass is 338 g/mol. The average molecular weight is 338 g/mol. The summed E-state index contributed by atoms with van der Waals surface area (Å²) in [5, 5.41) is 2.65. The van der Waals surface area contributed by atoms with Crippen LogP contribution < -0.4 is 10.9 Å². The smallest absolute Gasteiger partial charge is 0.324 e. The maximum atomic E-state index is 12.7. The van der Waals surface area contributed by atoms with Crippen LogP contribution in [-0.2, 0) is 17.5 Å². The van der Waals surface area contributed by atoms with Crippen LogP contribution in [0.4, 0.5) is 18.9 Å². The van der Waals surface area contributed by atoms with E-state index in [4.69, 9.17) is 0 Å². The lowest BCUT2D eigenvalue weighted by Gasteiger charge is -2.14. The molecule has 0 aliphatic carbocycles. The molecule has 4 nitrogen and oxygen atoms in total. The predicted molar refractivity (Wildman–Crippen MR) is 84.9 cm³/mol. The zero-order chi connectivity index (χ0) is 17.9. The first kappa shape index (κ1) is 17.8. The van der Waals surface area contributed by atoms with Gasteiger partial charge in [-0.2, -0.15) is 13.2 Å². The van der Waals surface area contributed by atoms with Gasteiger partial charge in [-0.1, -0.05) is 32.0 Å². The number of nitrogens with one attached hydrogen (secondary N) is 1. The van der Waals surface area contributed by atoms with Crippen LogP contribution >= 0.6 is 0 Å². The van der Waals surface area contributed by atoms with Crippen molar-refractivity contribution in [2.45, 2.75) is 32.5 Å². The summed E-state index contributed by atoms with van der Waals surface area (Å²) in [6.45, 7) is 3.43. The van der Waals surface area contributed by atoms with E-state index in [-0.39, 0.29) is 5.92 Å². The Hall–Kier alpha value is -2.57. The van der Waals surface area contributed by atoms with Gasteiger partial charge in [-0.3, -0.25) is 9.59 Å². The van der Waals surface area contributed by atoms with Crippen LogP contribution in [0.1, 0.15) is 30.9 Å². The Morgan fingerprint density at radius 1 is 1.17 bits per heavy atom. The van der Waals surface area contributed by atoms with Crippen molar-refractivity contribution < 1.29 is 18.0 Å². The molecular formula is C17H17F3N2O2. The number of carbonyl (C=O) groups excluding carboxylic acids is 1. The summed E-state index contributed by atoms with van der Waals surface area (Å²) in [6.07, 6.45) is -3.92. The Balaban J connectivity index is 2.21. The molecule has 0 spiro atoms. The number of benzene rings is 1. The maximum absolute atomic E-state index is 12.7. The number of hydrogen-bond donors (Lipinski definition) is 1. The highest BCUT2D eigenvalue weighted by Gasteiger charge is 2.31. The zero-order valence-electron chi connectivity index (χ0n) is 13.2. The van der Waals surface area contributed by atoms with Crippen molar-refractivity contribution in [1.29, 1.82) is 0 Å². The maximum Gasteiger partial charge on any atom is 0.417 e. The molecule has 0 unspecified atom stereocenters. The van der Waals surface area contributed by atoms with E-state index in [0.717, 1.165) is 16.2 Å². The van der Waals surface area contributed by atoms with Crippen LogP contribution in [0, 0.1) is 0 Å². The summed E-state index contributed by atoms with van der Waals surface area (Å²) in [4.78, 5) is 23.8. The fourth-order valence-electron chi connectivity index (χ4n) is 2.28. The number of halogens is 3. The third-order valence-electron chi connectivity index (χ3n) is 3.48. The lowest BCUT2D eigenvalue weighted by molar-refractivity contribution is -0.138. The molecule has 0 atom stereocenters. The Kier molecular flexibility index (Phi) is 5.11. The van der Waals surface area contributed by atoms with Gasteiger partial charge in [0.05, 0.1) is 5.56 Å². The molecule has 128 valence electrons. The number of alkyl halides is 3. The third kappa shape index (κ3) is 4.24. The van der Waals surface area contributed by atoms with Crippen LogP contribution in [-0.4, -0.2) is 10.5 Å². The number of aromatic nitrogens is 1. The molecule has 1 aromatic heterocycles. The molecule has 1 aromatic carbocycles. The SMILES string of the molecule is CC(C)c1ccccc1NC(=O)Cn1cc(C(F)(F)F)ccc1=O. The van der Waals surface area contributed by atoms with E-state index >= 15 is 0 Å². The molecule has 1 amide bonds. The number of para-hydroxylation sites is 1. The molecule has 24 heavy (non-hydrogen) atoms. The highest BCUT2D eigenvalue weighted by molar-refractivity contribution is 5.91. The third-order valence-corrected chi connectivity index (χ3v) is 3.48. The Bertz CT molecular complexity index is 795. The van der Waals surface area contributed by atoms with E-state index in [9.17, 15) is 22.8 Å². The second kappa shape index (κ2) is 6.90. The van der Waals surface area contributed by atoms with Crippen LogP contribution in [0.25, 0.3) is 0 Å². The van der Waals surface area contributed by atoms with Gasteiger partial charge in [0.15, 0.2) is 0 Å². The van der Waals surface area contributed by atoms with Gasteiger partial charge < -0.3 is 9.88 Å². The fraction of sp³-hybridized carbons (Fsp3) is 0.294. The Morgan fingerprint density at radius 3 is 2.46 bits per heavy atom. The number of carbonyl (C=O) groups is 1. The fourth-order valence-corrected chi connectivity index (χ4v) is 2.28. The summed E-state index contributed by atoms with van der Waals surface area (Å²) in [5.41, 5.74) is -0.160. The Morgan fingerprint density at radius 2 is 1.83 bits per heavy atom. The van der Waals surface area contributed by atoms with Gasteiger partial charge in [-0.05, 0) is 23.6 Å². The first-order valence-corrected chi connectivity index (χ1v) is 7.35. The van der Waals surface area contributed by atoms with Gasteiger partial charge in [0, 0.05) is 18.0 Å². The van der Waals surface area contributed by atoms with Crippen LogP contribution in [0.2, 0.25) is 0 Å². The van der Waals surface area contributed by atoms with E-state index in [0.29, 0.717) is 18.0 Å². The number of nitrogens with zero attached hydrogens (tertiary/aromatic N) is 1. The van der Waals surface area contributed by atoms with Gasteiger partial charge in [0.2, 0.25) is 5.91 Å². The molecular weight excluding hydrogens is 321 g/mol.